The Bertz CT molecular complexity index is 578. The number of amides is 2. The molecular weight excluding hydrogens is 292 g/mol. The number of carbonyl (C=O) groups excluding carboxylic acids is 2. The Labute approximate surface area is 137 Å². The molecule has 1 fully saturated rings. The van der Waals surface area contributed by atoms with Crippen molar-refractivity contribution >= 4 is 11.8 Å². The highest BCUT2D eigenvalue weighted by Gasteiger charge is 2.23. The Balaban J connectivity index is 1.89. The molecule has 1 aliphatic rings. The lowest BCUT2D eigenvalue weighted by molar-refractivity contribution is -0.140. The summed E-state index contributed by atoms with van der Waals surface area (Å²) >= 11 is 0. The summed E-state index contributed by atoms with van der Waals surface area (Å²) in [6.07, 6.45) is 1.25. The number of likely N-dealkylation sites (tertiary alicyclic amines) is 1. The molecule has 5 heteroatoms. The third-order valence-corrected chi connectivity index (χ3v) is 4.46. The molecule has 1 aliphatic heterocycles. The first-order valence-electron chi connectivity index (χ1n) is 8.12. The van der Waals surface area contributed by atoms with Crippen molar-refractivity contribution in [3.05, 3.63) is 34.9 Å². The van der Waals surface area contributed by atoms with E-state index in [0.29, 0.717) is 32.4 Å². The lowest BCUT2D eigenvalue weighted by Crippen LogP contribution is -2.45. The fraction of sp³-hybridized carbons (Fsp3) is 0.556. The van der Waals surface area contributed by atoms with Gasteiger partial charge in [-0.2, -0.15) is 0 Å². The summed E-state index contributed by atoms with van der Waals surface area (Å²) in [5.74, 6) is -0.0993. The van der Waals surface area contributed by atoms with E-state index in [1.54, 1.807) is 11.9 Å². The standard InChI is InChI=1S/C18H26N2O3/c1-13-4-5-14(2)15(10-13)11-17(22)19(3)12-18(23)20-8-6-16(21)7-9-20/h4-5,10,16,21H,6-9,11-12H2,1-3H3. The molecule has 0 aliphatic carbocycles. The van der Waals surface area contributed by atoms with Gasteiger partial charge in [0.1, 0.15) is 0 Å². The molecule has 1 saturated heterocycles. The zero-order valence-electron chi connectivity index (χ0n) is 14.2. The Kier molecular flexibility index (Phi) is 5.77. The van der Waals surface area contributed by atoms with Gasteiger partial charge in [0.2, 0.25) is 11.8 Å². The Morgan fingerprint density at radius 2 is 1.91 bits per heavy atom. The fourth-order valence-electron chi connectivity index (χ4n) is 2.79. The van der Waals surface area contributed by atoms with E-state index >= 15 is 0 Å². The first-order valence-corrected chi connectivity index (χ1v) is 8.12. The maximum Gasteiger partial charge on any atom is 0.242 e. The van der Waals surface area contributed by atoms with Crippen molar-refractivity contribution in [2.24, 2.45) is 0 Å². The lowest BCUT2D eigenvalue weighted by atomic mass is 10.0. The Morgan fingerprint density at radius 3 is 2.57 bits per heavy atom. The molecule has 0 radical (unpaired) electrons. The molecule has 0 atom stereocenters. The molecule has 0 bridgehead atoms. The maximum atomic E-state index is 12.4. The highest BCUT2D eigenvalue weighted by Crippen LogP contribution is 2.13. The van der Waals surface area contributed by atoms with Gasteiger partial charge in [-0.1, -0.05) is 23.8 Å². The number of likely N-dealkylation sites (N-methyl/N-ethyl adjacent to an activating group) is 1. The van der Waals surface area contributed by atoms with Crippen LogP contribution in [-0.4, -0.2) is 59.5 Å². The second-order valence-corrected chi connectivity index (χ2v) is 6.47. The van der Waals surface area contributed by atoms with Crippen LogP contribution in [0.15, 0.2) is 18.2 Å². The number of rotatable bonds is 4. The van der Waals surface area contributed by atoms with E-state index in [4.69, 9.17) is 0 Å². The van der Waals surface area contributed by atoms with Crippen molar-refractivity contribution in [1.29, 1.82) is 0 Å². The van der Waals surface area contributed by atoms with Crippen LogP contribution in [0, 0.1) is 13.8 Å². The largest absolute Gasteiger partial charge is 0.393 e. The van der Waals surface area contributed by atoms with E-state index in [1.165, 1.54) is 4.90 Å². The summed E-state index contributed by atoms with van der Waals surface area (Å²) in [7, 11) is 1.67. The zero-order valence-corrected chi connectivity index (χ0v) is 14.2. The molecule has 0 spiro atoms. The molecule has 0 saturated carbocycles. The number of hydrogen-bond donors (Lipinski definition) is 1. The molecule has 126 valence electrons. The van der Waals surface area contributed by atoms with Gasteiger partial charge in [-0.15, -0.1) is 0 Å². The number of benzene rings is 1. The number of carbonyl (C=O) groups is 2. The minimum absolute atomic E-state index is 0.0475. The predicted molar refractivity (Wildman–Crippen MR) is 89.1 cm³/mol. The van der Waals surface area contributed by atoms with Crippen LogP contribution < -0.4 is 0 Å². The van der Waals surface area contributed by atoms with Crippen molar-refractivity contribution in [2.45, 2.75) is 39.2 Å². The molecule has 1 heterocycles. The predicted octanol–water partition coefficient (Wildman–Crippen LogP) is 1.29. The second-order valence-electron chi connectivity index (χ2n) is 6.47. The van der Waals surface area contributed by atoms with Gasteiger partial charge in [0.15, 0.2) is 0 Å². The van der Waals surface area contributed by atoms with Crippen LogP contribution in [0.1, 0.15) is 29.5 Å². The summed E-state index contributed by atoms with van der Waals surface area (Å²) in [6, 6.07) is 6.07. The summed E-state index contributed by atoms with van der Waals surface area (Å²) in [5, 5.41) is 9.49. The van der Waals surface area contributed by atoms with Crippen molar-refractivity contribution in [2.75, 3.05) is 26.7 Å². The summed E-state index contributed by atoms with van der Waals surface area (Å²) in [5.41, 5.74) is 3.23. The minimum atomic E-state index is -0.303. The quantitative estimate of drug-likeness (QED) is 0.910. The van der Waals surface area contributed by atoms with Crippen LogP contribution >= 0.6 is 0 Å². The average molecular weight is 318 g/mol. The smallest absolute Gasteiger partial charge is 0.242 e. The summed E-state index contributed by atoms with van der Waals surface area (Å²) in [4.78, 5) is 27.8. The van der Waals surface area contributed by atoms with Crippen molar-refractivity contribution in [3.8, 4) is 0 Å². The molecule has 0 aromatic heterocycles. The van der Waals surface area contributed by atoms with Crippen LogP contribution in [0.4, 0.5) is 0 Å². The van der Waals surface area contributed by atoms with Gasteiger partial charge in [0.05, 0.1) is 19.1 Å². The summed E-state index contributed by atoms with van der Waals surface area (Å²) < 4.78 is 0. The molecule has 1 aromatic carbocycles. The Morgan fingerprint density at radius 1 is 1.26 bits per heavy atom. The minimum Gasteiger partial charge on any atom is -0.393 e. The SMILES string of the molecule is Cc1ccc(C)c(CC(=O)N(C)CC(=O)N2CCC(O)CC2)c1. The molecule has 2 rings (SSSR count). The van der Waals surface area contributed by atoms with E-state index in [9.17, 15) is 14.7 Å². The normalized spacial score (nSPS) is 15.6. The monoisotopic (exact) mass is 318 g/mol. The van der Waals surface area contributed by atoms with Crippen LogP contribution in [0.2, 0.25) is 0 Å². The van der Waals surface area contributed by atoms with E-state index in [1.807, 2.05) is 32.0 Å². The molecule has 5 nitrogen and oxygen atoms in total. The molecule has 0 unspecified atom stereocenters. The van der Waals surface area contributed by atoms with E-state index in [0.717, 1.165) is 16.7 Å². The van der Waals surface area contributed by atoms with Gasteiger partial charge >= 0.3 is 0 Å². The number of aliphatic hydroxyl groups excluding tert-OH is 1. The van der Waals surface area contributed by atoms with Crippen LogP contribution in [0.3, 0.4) is 0 Å². The van der Waals surface area contributed by atoms with Gasteiger partial charge in [-0.05, 0) is 37.8 Å². The molecule has 2 amide bonds. The van der Waals surface area contributed by atoms with Gasteiger partial charge in [-0.25, -0.2) is 0 Å². The first-order chi connectivity index (χ1) is 10.9. The van der Waals surface area contributed by atoms with E-state index < -0.39 is 0 Å². The summed E-state index contributed by atoms with van der Waals surface area (Å²) in [6.45, 7) is 5.23. The number of aliphatic hydroxyl groups is 1. The van der Waals surface area contributed by atoms with Crippen molar-refractivity contribution in [1.82, 2.24) is 9.80 Å². The fourth-order valence-corrected chi connectivity index (χ4v) is 2.79. The van der Waals surface area contributed by atoms with Crippen LogP contribution in [0.5, 0.6) is 0 Å². The second kappa shape index (κ2) is 7.59. The third kappa shape index (κ3) is 4.79. The van der Waals surface area contributed by atoms with Crippen molar-refractivity contribution in [3.63, 3.8) is 0 Å². The van der Waals surface area contributed by atoms with Crippen molar-refractivity contribution < 1.29 is 14.7 Å². The third-order valence-electron chi connectivity index (χ3n) is 4.46. The van der Waals surface area contributed by atoms with Gasteiger partial charge in [0, 0.05) is 20.1 Å². The molecular formula is C18H26N2O3. The van der Waals surface area contributed by atoms with E-state index in [2.05, 4.69) is 0 Å². The number of hydrogen-bond acceptors (Lipinski definition) is 3. The highest BCUT2D eigenvalue weighted by atomic mass is 16.3. The maximum absolute atomic E-state index is 12.4. The van der Waals surface area contributed by atoms with Gasteiger partial charge in [0.25, 0.3) is 0 Å². The number of aryl methyl sites for hydroxylation is 2. The first kappa shape index (κ1) is 17.5. The van der Waals surface area contributed by atoms with Crippen LogP contribution in [-0.2, 0) is 16.0 Å². The lowest BCUT2D eigenvalue weighted by Gasteiger charge is -2.31. The van der Waals surface area contributed by atoms with Gasteiger partial charge in [-0.3, -0.25) is 9.59 Å². The molecule has 1 aromatic rings. The van der Waals surface area contributed by atoms with E-state index in [-0.39, 0.29) is 24.5 Å². The van der Waals surface area contributed by atoms with Gasteiger partial charge < -0.3 is 14.9 Å². The highest BCUT2D eigenvalue weighted by molar-refractivity contribution is 5.85. The number of piperidine rings is 1. The number of nitrogens with zero attached hydrogens (tertiary/aromatic N) is 2. The topological polar surface area (TPSA) is 60.9 Å². The Hall–Kier alpha value is -1.88. The molecule has 1 N–H and O–H groups in total. The average Bonchev–Trinajstić information content (AvgIpc) is 2.51. The van der Waals surface area contributed by atoms with Crippen LogP contribution in [0.25, 0.3) is 0 Å². The molecule has 23 heavy (non-hydrogen) atoms. The zero-order chi connectivity index (χ0) is 17.0.